The van der Waals surface area contributed by atoms with Crippen LogP contribution in [0.4, 0.5) is 11.4 Å². The maximum absolute atomic E-state index is 12.9. The number of benzene rings is 3. The van der Waals surface area contributed by atoms with Gasteiger partial charge >= 0.3 is 5.97 Å². The minimum atomic E-state index is -3.75. The minimum absolute atomic E-state index is 0.129. The Balaban J connectivity index is 1.76. The van der Waals surface area contributed by atoms with Crippen LogP contribution in [0.3, 0.4) is 0 Å². The van der Waals surface area contributed by atoms with E-state index in [4.69, 9.17) is 11.6 Å². The fourth-order valence-corrected chi connectivity index (χ4v) is 4.74. The van der Waals surface area contributed by atoms with Gasteiger partial charge < -0.3 is 10.1 Å². The van der Waals surface area contributed by atoms with Crippen LogP contribution in [0.25, 0.3) is 0 Å². The number of rotatable bonds is 7. The van der Waals surface area contributed by atoms with Gasteiger partial charge in [0.05, 0.1) is 28.3 Å². The van der Waals surface area contributed by atoms with Gasteiger partial charge in [0.1, 0.15) is 0 Å². The van der Waals surface area contributed by atoms with E-state index in [1.165, 1.54) is 50.2 Å². The summed E-state index contributed by atoms with van der Waals surface area (Å²) < 4.78 is 31.7. The topological polar surface area (TPSA) is 92.8 Å². The average molecular weight is 505 g/mol. The number of halogens is 1. The van der Waals surface area contributed by atoms with Crippen molar-refractivity contribution in [3.63, 3.8) is 0 Å². The Bertz CT molecular complexity index is 1280. The van der Waals surface area contributed by atoms with Gasteiger partial charge in [0.25, 0.3) is 15.9 Å². The van der Waals surface area contributed by atoms with E-state index < -0.39 is 21.9 Å². The van der Waals surface area contributed by atoms with E-state index >= 15 is 0 Å². The number of amides is 1. The lowest BCUT2D eigenvalue weighted by atomic mass is 10.1. The molecule has 1 amide bonds. The van der Waals surface area contributed by atoms with E-state index in [0.29, 0.717) is 16.9 Å². The van der Waals surface area contributed by atoms with Crippen LogP contribution in [0, 0.1) is 0 Å². The summed E-state index contributed by atoms with van der Waals surface area (Å²) in [6.45, 7) is 0. The van der Waals surface area contributed by atoms with Crippen molar-refractivity contribution in [2.75, 3.05) is 30.0 Å². The highest BCUT2D eigenvalue weighted by Gasteiger charge is 2.21. The summed E-state index contributed by atoms with van der Waals surface area (Å²) in [6, 6.07) is 17.2. The van der Waals surface area contributed by atoms with Crippen molar-refractivity contribution in [2.24, 2.45) is 0 Å². The molecule has 0 fully saturated rings. The molecule has 0 heterocycles. The number of hydrogen-bond acceptors (Lipinski definition) is 6. The Hall–Kier alpha value is -3.01. The lowest BCUT2D eigenvalue weighted by Crippen LogP contribution is -2.26. The third-order valence-corrected chi connectivity index (χ3v) is 7.71. The van der Waals surface area contributed by atoms with Crippen LogP contribution in [-0.2, 0) is 14.8 Å². The fourth-order valence-electron chi connectivity index (χ4n) is 2.94. The van der Waals surface area contributed by atoms with E-state index in [0.717, 1.165) is 9.20 Å². The highest BCUT2D eigenvalue weighted by Crippen LogP contribution is 2.25. The largest absolute Gasteiger partial charge is 0.465 e. The number of ether oxygens (including phenoxy) is 1. The van der Waals surface area contributed by atoms with Gasteiger partial charge in [0.2, 0.25) is 0 Å². The second-order valence-corrected chi connectivity index (χ2v) is 10.1. The third kappa shape index (κ3) is 5.50. The zero-order valence-electron chi connectivity index (χ0n) is 18.0. The molecule has 3 rings (SSSR count). The normalized spacial score (nSPS) is 11.0. The molecular weight excluding hydrogens is 484 g/mol. The molecule has 0 aliphatic heterocycles. The Morgan fingerprint density at radius 1 is 1.00 bits per heavy atom. The first-order valence-corrected chi connectivity index (χ1v) is 12.6. The van der Waals surface area contributed by atoms with Gasteiger partial charge in [-0.05, 0) is 73.0 Å². The van der Waals surface area contributed by atoms with E-state index in [2.05, 4.69) is 10.1 Å². The number of hydrogen-bond donors (Lipinski definition) is 1. The van der Waals surface area contributed by atoms with Gasteiger partial charge in [-0.15, -0.1) is 11.8 Å². The van der Waals surface area contributed by atoms with E-state index in [9.17, 15) is 18.0 Å². The monoisotopic (exact) mass is 504 g/mol. The molecule has 0 spiro atoms. The first-order valence-electron chi connectivity index (χ1n) is 9.59. The number of nitrogens with one attached hydrogen (secondary N) is 1. The standard InChI is InChI=1S/C23H21ClN2O5S2/c1-26(33(29,30)19-11-9-18(32-3)10-12-19)17-7-4-15(5-8-17)22(27)25-16-6-13-21(24)20(14-16)23(28)31-2/h4-14H,1-3H3,(H,25,27). The summed E-state index contributed by atoms with van der Waals surface area (Å²) >= 11 is 7.52. The maximum Gasteiger partial charge on any atom is 0.339 e. The van der Waals surface area contributed by atoms with Gasteiger partial charge in [-0.2, -0.15) is 0 Å². The maximum atomic E-state index is 12.9. The summed E-state index contributed by atoms with van der Waals surface area (Å²) in [6.07, 6.45) is 1.92. The summed E-state index contributed by atoms with van der Waals surface area (Å²) in [5.41, 5.74) is 1.20. The molecule has 10 heteroatoms. The van der Waals surface area contributed by atoms with Crippen molar-refractivity contribution in [3.05, 3.63) is 82.9 Å². The van der Waals surface area contributed by atoms with Gasteiger partial charge in [-0.3, -0.25) is 9.10 Å². The van der Waals surface area contributed by atoms with Crippen molar-refractivity contribution in [1.29, 1.82) is 0 Å². The van der Waals surface area contributed by atoms with Crippen LogP contribution in [0.2, 0.25) is 5.02 Å². The number of nitrogens with zero attached hydrogens (tertiary/aromatic N) is 1. The SMILES string of the molecule is COC(=O)c1cc(NC(=O)c2ccc(N(C)S(=O)(=O)c3ccc(SC)cc3)cc2)ccc1Cl. The molecule has 0 aromatic heterocycles. The molecule has 0 saturated carbocycles. The third-order valence-electron chi connectivity index (χ3n) is 4.84. The first kappa shape index (κ1) is 24.6. The summed E-state index contributed by atoms with van der Waals surface area (Å²) in [5, 5.41) is 2.89. The van der Waals surface area contributed by atoms with Crippen LogP contribution in [-0.4, -0.2) is 40.7 Å². The Morgan fingerprint density at radius 2 is 1.64 bits per heavy atom. The summed E-state index contributed by atoms with van der Waals surface area (Å²) in [4.78, 5) is 25.5. The zero-order chi connectivity index (χ0) is 24.2. The van der Waals surface area contributed by atoms with Crippen LogP contribution >= 0.6 is 23.4 Å². The second kappa shape index (κ2) is 10.3. The Labute approximate surface area is 201 Å². The zero-order valence-corrected chi connectivity index (χ0v) is 20.4. The molecule has 0 atom stereocenters. The van der Waals surface area contributed by atoms with Gasteiger partial charge in [0, 0.05) is 23.2 Å². The molecule has 3 aromatic carbocycles. The molecule has 7 nitrogen and oxygen atoms in total. The first-order chi connectivity index (χ1) is 15.7. The highest BCUT2D eigenvalue weighted by atomic mass is 35.5. The van der Waals surface area contributed by atoms with Crippen LogP contribution in [0.5, 0.6) is 0 Å². The number of anilines is 2. The number of esters is 1. The van der Waals surface area contributed by atoms with Crippen molar-refractivity contribution >= 4 is 56.6 Å². The van der Waals surface area contributed by atoms with Gasteiger partial charge in [0.15, 0.2) is 0 Å². The number of methoxy groups -OCH3 is 1. The predicted octanol–water partition coefficient (Wildman–Crippen LogP) is 4.93. The summed E-state index contributed by atoms with van der Waals surface area (Å²) in [5.74, 6) is -1.05. The van der Waals surface area contributed by atoms with Gasteiger partial charge in [-0.25, -0.2) is 13.2 Å². The van der Waals surface area contributed by atoms with E-state index in [1.54, 1.807) is 42.5 Å². The molecular formula is C23H21ClN2O5S2. The molecule has 0 unspecified atom stereocenters. The smallest absolute Gasteiger partial charge is 0.339 e. The molecule has 0 saturated heterocycles. The van der Waals surface area contributed by atoms with Gasteiger partial charge in [-0.1, -0.05) is 11.6 Å². The molecule has 3 aromatic rings. The number of thioether (sulfide) groups is 1. The molecule has 172 valence electrons. The minimum Gasteiger partial charge on any atom is -0.465 e. The predicted molar refractivity (Wildman–Crippen MR) is 131 cm³/mol. The number of carbonyl (C=O) groups is 2. The quantitative estimate of drug-likeness (QED) is 0.362. The van der Waals surface area contributed by atoms with Crippen LogP contribution in [0.1, 0.15) is 20.7 Å². The van der Waals surface area contributed by atoms with Crippen LogP contribution < -0.4 is 9.62 Å². The van der Waals surface area contributed by atoms with Crippen molar-refractivity contribution in [2.45, 2.75) is 9.79 Å². The molecule has 1 N–H and O–H groups in total. The fraction of sp³-hybridized carbons (Fsp3) is 0.130. The molecule has 0 bridgehead atoms. The molecule has 0 aliphatic rings. The second-order valence-electron chi connectivity index (χ2n) is 6.84. The number of sulfonamides is 1. The lowest BCUT2D eigenvalue weighted by molar-refractivity contribution is 0.0600. The van der Waals surface area contributed by atoms with Crippen LogP contribution in [0.15, 0.2) is 76.5 Å². The molecule has 0 radical (unpaired) electrons. The average Bonchev–Trinajstić information content (AvgIpc) is 2.84. The van der Waals surface area contributed by atoms with Crippen molar-refractivity contribution in [1.82, 2.24) is 0 Å². The highest BCUT2D eigenvalue weighted by molar-refractivity contribution is 7.98. The van der Waals surface area contributed by atoms with E-state index in [1.807, 2.05) is 6.26 Å². The summed E-state index contributed by atoms with van der Waals surface area (Å²) in [7, 11) is -1.06. The lowest BCUT2D eigenvalue weighted by Gasteiger charge is -2.20. The van der Waals surface area contributed by atoms with E-state index in [-0.39, 0.29) is 15.5 Å². The Morgan fingerprint density at radius 3 is 2.21 bits per heavy atom. The Kier molecular flexibility index (Phi) is 7.68. The molecule has 0 aliphatic carbocycles. The molecule has 33 heavy (non-hydrogen) atoms. The van der Waals surface area contributed by atoms with Crippen molar-refractivity contribution in [3.8, 4) is 0 Å². The van der Waals surface area contributed by atoms with Crippen molar-refractivity contribution < 1.29 is 22.7 Å². The number of carbonyl (C=O) groups excluding carboxylic acids is 2.